The van der Waals surface area contributed by atoms with Crippen LogP contribution in [0.2, 0.25) is 0 Å². The molecule has 0 N–H and O–H groups in total. The maximum absolute atomic E-state index is 10.7. The molecule has 0 aliphatic heterocycles. The fraction of sp³-hybridized carbons (Fsp3) is 0. The van der Waals surface area contributed by atoms with E-state index in [-0.39, 0.29) is 5.13 Å². The van der Waals surface area contributed by atoms with Crippen molar-refractivity contribution >= 4 is 16.5 Å². The summed E-state index contributed by atoms with van der Waals surface area (Å²) in [6.45, 7) is 0. The van der Waals surface area contributed by atoms with Gasteiger partial charge in [0.1, 0.15) is 11.5 Å². The Morgan fingerprint density at radius 3 is 2.52 bits per heavy atom. The average Bonchev–Trinajstić information content (AvgIpc) is 2.99. The standard InChI is InChI=1S/C15H10N2O3S/c18-17(19)15-16-14(10-21-15)11-5-4-8-13(9-11)20-12-6-2-1-3-7-12/h1-10H. The van der Waals surface area contributed by atoms with Crippen LogP contribution in [0.15, 0.2) is 60.0 Å². The van der Waals surface area contributed by atoms with Crippen molar-refractivity contribution in [2.45, 2.75) is 0 Å². The van der Waals surface area contributed by atoms with E-state index in [1.165, 1.54) is 0 Å². The summed E-state index contributed by atoms with van der Waals surface area (Å²) >= 11 is 1.01. The Morgan fingerprint density at radius 2 is 1.81 bits per heavy atom. The molecule has 0 saturated heterocycles. The average molecular weight is 298 g/mol. The van der Waals surface area contributed by atoms with Crippen LogP contribution in [0, 0.1) is 10.1 Å². The Bertz CT molecular complexity index is 771. The van der Waals surface area contributed by atoms with Crippen LogP contribution >= 0.6 is 11.3 Å². The Kier molecular flexibility index (Phi) is 3.61. The summed E-state index contributed by atoms with van der Waals surface area (Å²) < 4.78 is 5.74. The predicted octanol–water partition coefficient (Wildman–Crippen LogP) is 4.51. The topological polar surface area (TPSA) is 65.3 Å². The van der Waals surface area contributed by atoms with Gasteiger partial charge in [-0.2, -0.15) is 0 Å². The van der Waals surface area contributed by atoms with E-state index in [0.29, 0.717) is 11.4 Å². The second-order valence-electron chi connectivity index (χ2n) is 4.22. The molecule has 6 heteroatoms. The molecule has 0 aliphatic carbocycles. The van der Waals surface area contributed by atoms with Gasteiger partial charge in [-0.25, -0.2) is 0 Å². The smallest absolute Gasteiger partial charge is 0.423 e. The molecule has 0 amide bonds. The first-order valence-electron chi connectivity index (χ1n) is 6.15. The third kappa shape index (κ3) is 3.06. The minimum atomic E-state index is -0.488. The molecule has 1 aromatic heterocycles. The molecule has 0 aliphatic rings. The summed E-state index contributed by atoms with van der Waals surface area (Å²) in [5, 5.41) is 12.2. The Labute approximate surface area is 124 Å². The lowest BCUT2D eigenvalue weighted by Gasteiger charge is -2.05. The van der Waals surface area contributed by atoms with Crippen LogP contribution in [0.25, 0.3) is 11.3 Å². The fourth-order valence-corrected chi connectivity index (χ4v) is 2.47. The molecule has 1 heterocycles. The van der Waals surface area contributed by atoms with Crippen LogP contribution in [-0.4, -0.2) is 9.91 Å². The van der Waals surface area contributed by atoms with E-state index in [1.54, 1.807) is 5.38 Å². The third-order valence-corrected chi connectivity index (χ3v) is 3.55. The Morgan fingerprint density at radius 1 is 1.05 bits per heavy atom. The number of benzene rings is 2. The number of hydrogen-bond acceptors (Lipinski definition) is 5. The lowest BCUT2D eigenvalue weighted by atomic mass is 10.1. The number of para-hydroxylation sites is 1. The van der Waals surface area contributed by atoms with Gasteiger partial charge in [0.15, 0.2) is 5.69 Å². The zero-order valence-electron chi connectivity index (χ0n) is 10.8. The van der Waals surface area contributed by atoms with E-state index < -0.39 is 4.92 Å². The van der Waals surface area contributed by atoms with E-state index in [0.717, 1.165) is 22.6 Å². The third-order valence-electron chi connectivity index (χ3n) is 2.76. The second-order valence-corrected chi connectivity index (χ2v) is 5.05. The highest BCUT2D eigenvalue weighted by atomic mass is 32.1. The normalized spacial score (nSPS) is 10.3. The lowest BCUT2D eigenvalue weighted by molar-refractivity contribution is -0.384. The Balaban J connectivity index is 1.87. The van der Waals surface area contributed by atoms with Gasteiger partial charge in [0, 0.05) is 5.56 Å². The highest BCUT2D eigenvalue weighted by molar-refractivity contribution is 7.13. The fourth-order valence-electron chi connectivity index (χ4n) is 1.82. The van der Waals surface area contributed by atoms with Gasteiger partial charge in [-0.15, -0.1) is 0 Å². The van der Waals surface area contributed by atoms with E-state index in [9.17, 15) is 10.1 Å². The summed E-state index contributed by atoms with van der Waals surface area (Å²) in [4.78, 5) is 14.2. The molecular weight excluding hydrogens is 288 g/mol. The molecule has 0 atom stereocenters. The summed E-state index contributed by atoms with van der Waals surface area (Å²) in [5.41, 5.74) is 1.36. The molecular formula is C15H10N2O3S. The van der Waals surface area contributed by atoms with Crippen molar-refractivity contribution in [3.63, 3.8) is 0 Å². The Hall–Kier alpha value is -2.73. The molecule has 21 heavy (non-hydrogen) atoms. The molecule has 104 valence electrons. The molecule has 0 fully saturated rings. The number of ether oxygens (including phenoxy) is 1. The van der Waals surface area contributed by atoms with Gasteiger partial charge in [-0.3, -0.25) is 0 Å². The van der Waals surface area contributed by atoms with Crippen LogP contribution in [0.3, 0.4) is 0 Å². The van der Waals surface area contributed by atoms with Crippen LogP contribution < -0.4 is 4.74 Å². The summed E-state index contributed by atoms with van der Waals surface area (Å²) in [6, 6.07) is 16.7. The van der Waals surface area contributed by atoms with Gasteiger partial charge in [0.05, 0.1) is 5.38 Å². The number of nitrogens with zero attached hydrogens (tertiary/aromatic N) is 2. The molecule has 0 bridgehead atoms. The molecule has 3 aromatic rings. The van der Waals surface area contributed by atoms with E-state index >= 15 is 0 Å². The number of aromatic nitrogens is 1. The number of thiazole rings is 1. The van der Waals surface area contributed by atoms with Crippen LogP contribution in [0.4, 0.5) is 5.13 Å². The van der Waals surface area contributed by atoms with Crippen molar-refractivity contribution in [3.8, 4) is 22.8 Å². The van der Waals surface area contributed by atoms with Gasteiger partial charge in [0.25, 0.3) is 0 Å². The first kappa shape index (κ1) is 13.3. The monoisotopic (exact) mass is 298 g/mol. The highest BCUT2D eigenvalue weighted by Crippen LogP contribution is 2.30. The van der Waals surface area contributed by atoms with Gasteiger partial charge in [-0.05, 0) is 45.5 Å². The number of rotatable bonds is 4. The van der Waals surface area contributed by atoms with Crippen molar-refractivity contribution in [1.29, 1.82) is 0 Å². The van der Waals surface area contributed by atoms with Crippen LogP contribution in [-0.2, 0) is 0 Å². The van der Waals surface area contributed by atoms with E-state index in [2.05, 4.69) is 4.98 Å². The number of nitro groups is 1. The molecule has 2 aromatic carbocycles. The van der Waals surface area contributed by atoms with E-state index in [1.807, 2.05) is 54.6 Å². The maximum Gasteiger partial charge on any atom is 0.423 e. The minimum Gasteiger partial charge on any atom is -0.457 e. The van der Waals surface area contributed by atoms with Crippen LogP contribution in [0.1, 0.15) is 0 Å². The molecule has 3 rings (SSSR count). The molecule has 0 radical (unpaired) electrons. The van der Waals surface area contributed by atoms with Crippen molar-refractivity contribution in [2.24, 2.45) is 0 Å². The SMILES string of the molecule is O=[N+]([O-])c1nc(-c2cccc(Oc3ccccc3)c2)cs1. The number of hydrogen-bond donors (Lipinski definition) is 0. The maximum atomic E-state index is 10.7. The molecule has 0 spiro atoms. The largest absolute Gasteiger partial charge is 0.457 e. The van der Waals surface area contributed by atoms with Gasteiger partial charge < -0.3 is 14.9 Å². The quantitative estimate of drug-likeness (QED) is 0.525. The van der Waals surface area contributed by atoms with Crippen molar-refractivity contribution in [2.75, 3.05) is 0 Å². The zero-order chi connectivity index (χ0) is 14.7. The zero-order valence-corrected chi connectivity index (χ0v) is 11.6. The van der Waals surface area contributed by atoms with Gasteiger partial charge >= 0.3 is 5.13 Å². The van der Waals surface area contributed by atoms with Gasteiger partial charge in [0.2, 0.25) is 0 Å². The highest BCUT2D eigenvalue weighted by Gasteiger charge is 2.15. The predicted molar refractivity (Wildman–Crippen MR) is 80.7 cm³/mol. The first-order valence-corrected chi connectivity index (χ1v) is 7.03. The second kappa shape index (κ2) is 5.72. The molecule has 0 unspecified atom stereocenters. The van der Waals surface area contributed by atoms with Crippen molar-refractivity contribution in [3.05, 3.63) is 70.1 Å². The van der Waals surface area contributed by atoms with Crippen molar-refractivity contribution in [1.82, 2.24) is 4.98 Å². The summed E-state index contributed by atoms with van der Waals surface area (Å²) in [5.74, 6) is 1.40. The van der Waals surface area contributed by atoms with Crippen LogP contribution in [0.5, 0.6) is 11.5 Å². The molecule has 5 nitrogen and oxygen atoms in total. The summed E-state index contributed by atoms with van der Waals surface area (Å²) in [6.07, 6.45) is 0. The summed E-state index contributed by atoms with van der Waals surface area (Å²) in [7, 11) is 0. The van der Waals surface area contributed by atoms with Crippen molar-refractivity contribution < 1.29 is 9.66 Å². The van der Waals surface area contributed by atoms with Gasteiger partial charge in [-0.1, -0.05) is 30.3 Å². The van der Waals surface area contributed by atoms with E-state index in [4.69, 9.17) is 4.74 Å². The minimum absolute atomic E-state index is 0.112. The first-order chi connectivity index (χ1) is 10.2. The molecule has 0 saturated carbocycles. The lowest BCUT2D eigenvalue weighted by Crippen LogP contribution is -1.87.